The number of amides is 1. The summed E-state index contributed by atoms with van der Waals surface area (Å²) in [6, 6.07) is 0. The van der Waals surface area contributed by atoms with Crippen molar-refractivity contribution in [2.24, 2.45) is 5.92 Å². The lowest BCUT2D eigenvalue weighted by atomic mass is 10.0. The number of carbonyl (C=O) groups is 1. The van der Waals surface area contributed by atoms with Crippen molar-refractivity contribution in [1.82, 2.24) is 5.32 Å². The zero-order valence-corrected chi connectivity index (χ0v) is 10.0. The van der Waals surface area contributed by atoms with E-state index in [1.54, 1.807) is 0 Å². The van der Waals surface area contributed by atoms with Gasteiger partial charge in [-0.2, -0.15) is 0 Å². The highest BCUT2D eigenvalue weighted by molar-refractivity contribution is 7.91. The van der Waals surface area contributed by atoms with Crippen molar-refractivity contribution >= 4 is 15.7 Å². The molecule has 0 spiro atoms. The molecular formula is C9H19NO4S. The summed E-state index contributed by atoms with van der Waals surface area (Å²) in [6.45, 7) is 2.47. The first kappa shape index (κ1) is 14.4. The third-order valence-corrected chi connectivity index (χ3v) is 2.88. The van der Waals surface area contributed by atoms with E-state index in [0.717, 1.165) is 12.7 Å². The minimum atomic E-state index is -3.25. The second-order valence-electron chi connectivity index (χ2n) is 3.66. The van der Waals surface area contributed by atoms with Crippen LogP contribution in [0.4, 0.5) is 0 Å². The number of aliphatic hydroxyl groups is 1. The molecule has 0 aromatic heterocycles. The predicted molar refractivity (Wildman–Crippen MR) is 58.2 cm³/mol. The summed E-state index contributed by atoms with van der Waals surface area (Å²) < 4.78 is 21.6. The average molecular weight is 237 g/mol. The van der Waals surface area contributed by atoms with Crippen LogP contribution in [-0.4, -0.2) is 44.6 Å². The van der Waals surface area contributed by atoms with Crippen LogP contribution in [0.25, 0.3) is 0 Å². The zero-order valence-electron chi connectivity index (χ0n) is 9.19. The van der Waals surface area contributed by atoms with Gasteiger partial charge in [-0.3, -0.25) is 4.79 Å². The lowest BCUT2D eigenvalue weighted by Gasteiger charge is -2.13. The first-order valence-electron chi connectivity index (χ1n) is 4.94. The molecule has 90 valence electrons. The molecule has 0 aliphatic rings. The van der Waals surface area contributed by atoms with Gasteiger partial charge in [0.1, 0.15) is 5.75 Å². The van der Waals surface area contributed by atoms with Crippen molar-refractivity contribution in [1.29, 1.82) is 0 Å². The van der Waals surface area contributed by atoms with Crippen molar-refractivity contribution in [3.05, 3.63) is 0 Å². The van der Waals surface area contributed by atoms with E-state index < -0.39 is 21.5 Å². The van der Waals surface area contributed by atoms with E-state index in [9.17, 15) is 13.2 Å². The fourth-order valence-electron chi connectivity index (χ4n) is 1.18. The SMILES string of the molecule is CCC(CCO)CNC(=O)CS(C)(=O)=O. The number of nitrogens with one attached hydrogen (secondary N) is 1. The van der Waals surface area contributed by atoms with Crippen LogP contribution in [0.15, 0.2) is 0 Å². The Hall–Kier alpha value is -0.620. The predicted octanol–water partition coefficient (Wildman–Crippen LogP) is -0.444. The summed E-state index contributed by atoms with van der Waals surface area (Å²) in [5.74, 6) is -0.741. The second kappa shape index (κ2) is 6.79. The number of hydrogen-bond acceptors (Lipinski definition) is 4. The van der Waals surface area contributed by atoms with Crippen LogP contribution in [0.3, 0.4) is 0 Å². The van der Waals surface area contributed by atoms with Gasteiger partial charge in [-0.05, 0) is 12.3 Å². The minimum absolute atomic E-state index is 0.0838. The molecule has 5 nitrogen and oxygen atoms in total. The Morgan fingerprint density at radius 2 is 2.07 bits per heavy atom. The first-order chi connectivity index (χ1) is 6.89. The molecule has 0 bridgehead atoms. The third-order valence-electron chi connectivity index (χ3n) is 2.10. The van der Waals surface area contributed by atoms with E-state index in [1.807, 2.05) is 6.92 Å². The quantitative estimate of drug-likeness (QED) is 0.628. The zero-order chi connectivity index (χ0) is 11.9. The summed E-state index contributed by atoms with van der Waals surface area (Å²) >= 11 is 0. The maximum atomic E-state index is 11.1. The Morgan fingerprint density at radius 1 is 1.47 bits per heavy atom. The van der Waals surface area contributed by atoms with Crippen LogP contribution < -0.4 is 5.32 Å². The summed E-state index contributed by atoms with van der Waals surface area (Å²) in [5, 5.41) is 11.3. The lowest BCUT2D eigenvalue weighted by Crippen LogP contribution is -2.33. The van der Waals surface area contributed by atoms with E-state index >= 15 is 0 Å². The van der Waals surface area contributed by atoms with E-state index in [0.29, 0.717) is 13.0 Å². The number of aliphatic hydroxyl groups excluding tert-OH is 1. The molecule has 1 atom stereocenters. The standard InChI is InChI=1S/C9H19NO4S/c1-3-8(4-5-11)6-10-9(12)7-15(2,13)14/h8,11H,3-7H2,1-2H3,(H,10,12). The molecule has 0 aromatic rings. The first-order valence-corrected chi connectivity index (χ1v) is 7.00. The molecule has 2 N–H and O–H groups in total. The van der Waals surface area contributed by atoms with Crippen LogP contribution in [-0.2, 0) is 14.6 Å². The number of sulfone groups is 1. The number of rotatable bonds is 7. The number of carbonyl (C=O) groups excluding carboxylic acids is 1. The van der Waals surface area contributed by atoms with Gasteiger partial charge in [0.15, 0.2) is 9.84 Å². The van der Waals surface area contributed by atoms with Gasteiger partial charge in [-0.15, -0.1) is 0 Å². The highest BCUT2D eigenvalue weighted by atomic mass is 32.2. The lowest BCUT2D eigenvalue weighted by molar-refractivity contribution is -0.118. The van der Waals surface area contributed by atoms with Crippen LogP contribution in [0.2, 0.25) is 0 Å². The molecular weight excluding hydrogens is 218 g/mol. The molecule has 1 amide bonds. The van der Waals surface area contributed by atoms with Gasteiger partial charge in [0, 0.05) is 19.4 Å². The summed E-state index contributed by atoms with van der Waals surface area (Å²) in [5.41, 5.74) is 0. The van der Waals surface area contributed by atoms with Crippen molar-refractivity contribution in [3.63, 3.8) is 0 Å². The Morgan fingerprint density at radius 3 is 2.47 bits per heavy atom. The van der Waals surface area contributed by atoms with E-state index in [-0.39, 0.29) is 12.5 Å². The Balaban J connectivity index is 3.88. The molecule has 0 rings (SSSR count). The molecule has 6 heteroatoms. The summed E-state index contributed by atoms with van der Waals surface area (Å²) in [7, 11) is -3.25. The molecule has 0 aromatic carbocycles. The van der Waals surface area contributed by atoms with Crippen molar-refractivity contribution in [2.45, 2.75) is 19.8 Å². The maximum Gasteiger partial charge on any atom is 0.235 e. The van der Waals surface area contributed by atoms with E-state index in [2.05, 4.69) is 5.32 Å². The summed E-state index contributed by atoms with van der Waals surface area (Å²) in [6.07, 6.45) is 2.49. The van der Waals surface area contributed by atoms with Crippen LogP contribution in [0, 0.1) is 5.92 Å². The van der Waals surface area contributed by atoms with E-state index in [1.165, 1.54) is 0 Å². The van der Waals surface area contributed by atoms with Gasteiger partial charge in [-0.1, -0.05) is 13.3 Å². The van der Waals surface area contributed by atoms with Crippen molar-refractivity contribution in [2.75, 3.05) is 25.2 Å². The molecule has 15 heavy (non-hydrogen) atoms. The average Bonchev–Trinajstić information content (AvgIpc) is 2.09. The van der Waals surface area contributed by atoms with Gasteiger partial charge >= 0.3 is 0 Å². The fraction of sp³-hybridized carbons (Fsp3) is 0.889. The molecule has 0 aliphatic heterocycles. The normalized spacial score (nSPS) is 13.5. The third kappa shape index (κ3) is 8.38. The van der Waals surface area contributed by atoms with Gasteiger partial charge in [-0.25, -0.2) is 8.42 Å². The van der Waals surface area contributed by atoms with E-state index in [4.69, 9.17) is 5.11 Å². The van der Waals surface area contributed by atoms with Gasteiger partial charge < -0.3 is 10.4 Å². The van der Waals surface area contributed by atoms with Crippen LogP contribution >= 0.6 is 0 Å². The smallest absolute Gasteiger partial charge is 0.235 e. The van der Waals surface area contributed by atoms with Gasteiger partial charge in [0.25, 0.3) is 0 Å². The fourth-order valence-corrected chi connectivity index (χ4v) is 1.76. The molecule has 0 heterocycles. The maximum absolute atomic E-state index is 11.1. The Bertz CT molecular complexity index is 286. The number of hydrogen-bond donors (Lipinski definition) is 2. The molecule has 0 fully saturated rings. The Labute approximate surface area is 90.8 Å². The molecule has 0 saturated heterocycles. The topological polar surface area (TPSA) is 83.5 Å². The van der Waals surface area contributed by atoms with Gasteiger partial charge in [0.05, 0.1) is 0 Å². The summed E-state index contributed by atoms with van der Waals surface area (Å²) in [4.78, 5) is 11.1. The van der Waals surface area contributed by atoms with Gasteiger partial charge in [0.2, 0.25) is 5.91 Å². The highest BCUT2D eigenvalue weighted by Crippen LogP contribution is 2.05. The largest absolute Gasteiger partial charge is 0.396 e. The van der Waals surface area contributed by atoms with Crippen LogP contribution in [0.5, 0.6) is 0 Å². The molecule has 1 unspecified atom stereocenters. The molecule has 0 aliphatic carbocycles. The minimum Gasteiger partial charge on any atom is -0.396 e. The monoisotopic (exact) mass is 237 g/mol. The van der Waals surface area contributed by atoms with Crippen molar-refractivity contribution in [3.8, 4) is 0 Å². The molecule has 0 saturated carbocycles. The highest BCUT2D eigenvalue weighted by Gasteiger charge is 2.12. The van der Waals surface area contributed by atoms with Crippen LogP contribution in [0.1, 0.15) is 19.8 Å². The van der Waals surface area contributed by atoms with Crippen molar-refractivity contribution < 1.29 is 18.3 Å². The Kier molecular flexibility index (Phi) is 6.51. The molecule has 0 radical (unpaired) electrons. The second-order valence-corrected chi connectivity index (χ2v) is 5.80.